The average Bonchev–Trinajstić information content (AvgIpc) is 2.87. The van der Waals surface area contributed by atoms with E-state index in [4.69, 9.17) is 0 Å². The smallest absolute Gasteiger partial charge is 0.223 e. The van der Waals surface area contributed by atoms with Gasteiger partial charge < -0.3 is 10.6 Å². The predicted octanol–water partition coefficient (Wildman–Crippen LogP) is 0.678. The van der Waals surface area contributed by atoms with Crippen LogP contribution < -0.4 is 10.6 Å². The molecule has 1 saturated heterocycles. The highest BCUT2D eigenvalue weighted by molar-refractivity contribution is 5.79. The molecule has 1 aliphatic heterocycles. The van der Waals surface area contributed by atoms with E-state index in [0.29, 0.717) is 5.92 Å². The Morgan fingerprint density at radius 3 is 2.86 bits per heavy atom. The molecular weight excluding hydrogens is 176 g/mol. The van der Waals surface area contributed by atoms with Crippen molar-refractivity contribution >= 4 is 5.91 Å². The number of hydrogen-bond acceptors (Lipinski definition) is 2. The minimum atomic E-state index is 0.212. The molecule has 0 spiro atoms. The molecule has 1 unspecified atom stereocenters. The number of amides is 1. The summed E-state index contributed by atoms with van der Waals surface area (Å²) in [6, 6.07) is 0. The van der Waals surface area contributed by atoms with Crippen molar-refractivity contribution in [3.63, 3.8) is 0 Å². The molecule has 1 heterocycles. The van der Waals surface area contributed by atoms with Gasteiger partial charge in [-0.3, -0.25) is 4.79 Å². The van der Waals surface area contributed by atoms with Crippen LogP contribution in [0.3, 0.4) is 0 Å². The number of rotatable bonds is 3. The Bertz CT molecular complexity index is 223. The van der Waals surface area contributed by atoms with E-state index in [2.05, 4.69) is 22.8 Å². The van der Waals surface area contributed by atoms with Gasteiger partial charge >= 0.3 is 0 Å². The second-order valence-electron chi connectivity index (χ2n) is 4.24. The molecule has 1 aliphatic carbocycles. The highest BCUT2D eigenvalue weighted by Gasteiger charge is 2.21. The molecule has 0 aromatic carbocycles. The lowest BCUT2D eigenvalue weighted by Crippen LogP contribution is -2.34. The van der Waals surface area contributed by atoms with E-state index in [1.54, 1.807) is 0 Å². The average molecular weight is 194 g/mol. The van der Waals surface area contributed by atoms with Crippen LogP contribution >= 0.6 is 0 Å². The first-order chi connectivity index (χ1) is 6.86. The first-order valence-electron chi connectivity index (χ1n) is 5.49. The number of carbonyl (C=O) groups is 1. The zero-order valence-corrected chi connectivity index (χ0v) is 8.46. The van der Waals surface area contributed by atoms with Gasteiger partial charge in [0.05, 0.1) is 0 Å². The van der Waals surface area contributed by atoms with Gasteiger partial charge in [0.1, 0.15) is 0 Å². The normalized spacial score (nSPS) is 27.0. The minimum absolute atomic E-state index is 0.212. The molecule has 14 heavy (non-hydrogen) atoms. The summed E-state index contributed by atoms with van der Waals surface area (Å²) in [4.78, 5) is 11.6. The summed E-state index contributed by atoms with van der Waals surface area (Å²) in [5.74, 6) is 1.10. The van der Waals surface area contributed by atoms with Crippen LogP contribution in [0.2, 0.25) is 0 Å². The summed E-state index contributed by atoms with van der Waals surface area (Å²) in [6.45, 7) is 3.01. The molecule has 3 heteroatoms. The van der Waals surface area contributed by atoms with Crippen LogP contribution in [-0.2, 0) is 4.79 Å². The lowest BCUT2D eigenvalue weighted by molar-refractivity contribution is -0.124. The molecule has 0 aromatic rings. The molecule has 0 radical (unpaired) electrons. The van der Waals surface area contributed by atoms with Gasteiger partial charge in [-0.1, -0.05) is 12.2 Å². The van der Waals surface area contributed by atoms with Gasteiger partial charge in [0.25, 0.3) is 0 Å². The molecule has 1 amide bonds. The molecule has 0 aromatic heterocycles. The molecule has 2 N–H and O–H groups in total. The third kappa shape index (κ3) is 2.35. The molecule has 3 nitrogen and oxygen atoms in total. The molecule has 0 bridgehead atoms. The molecule has 2 aliphatic rings. The fraction of sp³-hybridized carbons (Fsp3) is 0.727. The Morgan fingerprint density at radius 1 is 1.43 bits per heavy atom. The minimum Gasteiger partial charge on any atom is -0.356 e. The third-order valence-corrected chi connectivity index (χ3v) is 3.11. The van der Waals surface area contributed by atoms with Crippen molar-refractivity contribution in [2.24, 2.45) is 11.8 Å². The Kier molecular flexibility index (Phi) is 3.19. The first-order valence-corrected chi connectivity index (χ1v) is 5.49. The maximum atomic E-state index is 11.6. The van der Waals surface area contributed by atoms with Crippen molar-refractivity contribution in [2.45, 2.75) is 19.3 Å². The monoisotopic (exact) mass is 194 g/mol. The third-order valence-electron chi connectivity index (χ3n) is 3.11. The topological polar surface area (TPSA) is 41.1 Å². The highest BCUT2D eigenvalue weighted by atomic mass is 16.1. The first kappa shape index (κ1) is 9.71. The van der Waals surface area contributed by atoms with Crippen LogP contribution in [0.5, 0.6) is 0 Å². The van der Waals surface area contributed by atoms with Gasteiger partial charge in [-0.05, 0) is 38.3 Å². The molecular formula is C11H18N2O. The van der Waals surface area contributed by atoms with Crippen LogP contribution in [-0.4, -0.2) is 25.5 Å². The Balaban J connectivity index is 1.66. The van der Waals surface area contributed by atoms with Crippen molar-refractivity contribution in [1.82, 2.24) is 10.6 Å². The summed E-state index contributed by atoms with van der Waals surface area (Å²) in [5.41, 5.74) is 0. The van der Waals surface area contributed by atoms with Gasteiger partial charge in [0.15, 0.2) is 0 Å². The molecule has 0 saturated carbocycles. The van der Waals surface area contributed by atoms with Crippen LogP contribution in [0, 0.1) is 11.8 Å². The van der Waals surface area contributed by atoms with Crippen LogP contribution in [0.1, 0.15) is 19.3 Å². The fourth-order valence-electron chi connectivity index (χ4n) is 2.11. The number of hydrogen-bond donors (Lipinski definition) is 2. The summed E-state index contributed by atoms with van der Waals surface area (Å²) in [5, 5.41) is 6.35. The van der Waals surface area contributed by atoms with Crippen molar-refractivity contribution in [1.29, 1.82) is 0 Å². The second kappa shape index (κ2) is 4.60. The molecule has 1 atom stereocenters. The number of nitrogens with one attached hydrogen (secondary N) is 2. The van der Waals surface area contributed by atoms with Crippen molar-refractivity contribution in [2.75, 3.05) is 19.6 Å². The van der Waals surface area contributed by atoms with E-state index in [-0.39, 0.29) is 11.8 Å². The van der Waals surface area contributed by atoms with Gasteiger partial charge in [0, 0.05) is 12.5 Å². The lowest BCUT2D eigenvalue weighted by atomic mass is 10.1. The van der Waals surface area contributed by atoms with Crippen molar-refractivity contribution in [3.05, 3.63) is 12.2 Å². The highest BCUT2D eigenvalue weighted by Crippen LogP contribution is 2.17. The largest absolute Gasteiger partial charge is 0.356 e. The van der Waals surface area contributed by atoms with Gasteiger partial charge in [-0.15, -0.1) is 0 Å². The molecule has 78 valence electrons. The van der Waals surface area contributed by atoms with E-state index in [9.17, 15) is 4.79 Å². The van der Waals surface area contributed by atoms with Crippen LogP contribution in [0.4, 0.5) is 0 Å². The number of carbonyl (C=O) groups excluding carboxylic acids is 1. The van der Waals surface area contributed by atoms with Crippen LogP contribution in [0.25, 0.3) is 0 Å². The zero-order chi connectivity index (χ0) is 9.80. The van der Waals surface area contributed by atoms with Gasteiger partial charge in [-0.2, -0.15) is 0 Å². The van der Waals surface area contributed by atoms with E-state index in [0.717, 1.165) is 32.5 Å². The lowest BCUT2D eigenvalue weighted by Gasteiger charge is -2.13. The molecule has 2 rings (SSSR count). The van der Waals surface area contributed by atoms with Crippen molar-refractivity contribution in [3.8, 4) is 0 Å². The quantitative estimate of drug-likeness (QED) is 0.649. The van der Waals surface area contributed by atoms with E-state index in [1.165, 1.54) is 6.42 Å². The number of allylic oxidation sites excluding steroid dienone is 2. The van der Waals surface area contributed by atoms with E-state index in [1.807, 2.05) is 0 Å². The Morgan fingerprint density at radius 2 is 2.21 bits per heavy atom. The Labute approximate surface area is 84.9 Å². The predicted molar refractivity (Wildman–Crippen MR) is 55.9 cm³/mol. The zero-order valence-electron chi connectivity index (χ0n) is 8.46. The van der Waals surface area contributed by atoms with Gasteiger partial charge in [0.2, 0.25) is 5.91 Å². The van der Waals surface area contributed by atoms with Gasteiger partial charge in [-0.25, -0.2) is 0 Å². The molecule has 1 fully saturated rings. The van der Waals surface area contributed by atoms with E-state index >= 15 is 0 Å². The maximum Gasteiger partial charge on any atom is 0.223 e. The Hall–Kier alpha value is -0.830. The maximum absolute atomic E-state index is 11.6. The second-order valence-corrected chi connectivity index (χ2v) is 4.24. The van der Waals surface area contributed by atoms with E-state index < -0.39 is 0 Å². The van der Waals surface area contributed by atoms with Crippen LogP contribution in [0.15, 0.2) is 12.2 Å². The summed E-state index contributed by atoms with van der Waals surface area (Å²) < 4.78 is 0. The summed E-state index contributed by atoms with van der Waals surface area (Å²) >= 11 is 0. The van der Waals surface area contributed by atoms with Crippen molar-refractivity contribution < 1.29 is 4.79 Å². The fourth-order valence-corrected chi connectivity index (χ4v) is 2.11. The summed E-state index contributed by atoms with van der Waals surface area (Å²) in [6.07, 6.45) is 7.25. The SMILES string of the molecule is O=C(NCC1CCNC1)C1CC=CC1. The standard InChI is InChI=1S/C11H18N2O/c14-11(10-3-1-2-4-10)13-8-9-5-6-12-7-9/h1-2,9-10,12H,3-8H2,(H,13,14). The summed E-state index contributed by atoms with van der Waals surface area (Å²) in [7, 11) is 0.